The summed E-state index contributed by atoms with van der Waals surface area (Å²) in [5.74, 6) is -0.125. The third-order valence-corrected chi connectivity index (χ3v) is 7.29. The normalized spacial score (nSPS) is 16.9. The SMILES string of the molecule is O=C(CCN1CCCCC1)Nc1ccc2c(c1)/C(=C\c1cc3ccccc3c3ccccc13)C(=O)N2. The Labute approximate surface area is 210 Å². The van der Waals surface area contributed by atoms with E-state index in [9.17, 15) is 9.59 Å². The molecule has 2 aliphatic heterocycles. The van der Waals surface area contributed by atoms with Gasteiger partial charge in [0.05, 0.1) is 0 Å². The van der Waals surface area contributed by atoms with Crippen molar-refractivity contribution in [1.29, 1.82) is 0 Å². The summed E-state index contributed by atoms with van der Waals surface area (Å²) in [6, 6.07) is 24.4. The first kappa shape index (κ1) is 22.5. The van der Waals surface area contributed by atoms with E-state index in [0.717, 1.165) is 52.6 Å². The fraction of sp³-hybridized carbons (Fsp3) is 0.226. The summed E-state index contributed by atoms with van der Waals surface area (Å²) < 4.78 is 0. The average molecular weight is 476 g/mol. The molecular formula is C31H29N3O2. The van der Waals surface area contributed by atoms with Crippen molar-refractivity contribution in [2.45, 2.75) is 25.7 Å². The Morgan fingerprint density at radius 1 is 0.889 bits per heavy atom. The van der Waals surface area contributed by atoms with Crippen LogP contribution in [0, 0.1) is 0 Å². The molecule has 2 amide bonds. The maximum Gasteiger partial charge on any atom is 0.256 e. The Kier molecular flexibility index (Phi) is 5.99. The van der Waals surface area contributed by atoms with E-state index in [0.29, 0.717) is 17.7 Å². The fourth-order valence-electron chi connectivity index (χ4n) is 5.43. The molecule has 2 N–H and O–H groups in total. The number of hydrogen-bond acceptors (Lipinski definition) is 3. The predicted molar refractivity (Wildman–Crippen MR) is 148 cm³/mol. The molecule has 0 unspecified atom stereocenters. The molecule has 0 aliphatic carbocycles. The first-order chi connectivity index (χ1) is 17.7. The number of nitrogens with zero attached hydrogens (tertiary/aromatic N) is 1. The quantitative estimate of drug-likeness (QED) is 0.263. The number of carbonyl (C=O) groups excluding carboxylic acids is 2. The van der Waals surface area contributed by atoms with Crippen LogP contribution in [0.1, 0.15) is 36.8 Å². The molecule has 4 aromatic rings. The van der Waals surface area contributed by atoms with E-state index >= 15 is 0 Å². The molecule has 36 heavy (non-hydrogen) atoms. The molecule has 0 aromatic heterocycles. The van der Waals surface area contributed by atoms with Crippen LogP contribution in [0.5, 0.6) is 0 Å². The first-order valence-electron chi connectivity index (χ1n) is 12.8. The number of rotatable bonds is 5. The van der Waals surface area contributed by atoms with Crippen molar-refractivity contribution in [3.8, 4) is 0 Å². The van der Waals surface area contributed by atoms with Crippen molar-refractivity contribution in [2.75, 3.05) is 30.3 Å². The van der Waals surface area contributed by atoms with E-state index in [4.69, 9.17) is 0 Å². The summed E-state index contributed by atoms with van der Waals surface area (Å²) in [6.07, 6.45) is 6.16. The number of fused-ring (bicyclic) bond motifs is 4. The number of piperidine rings is 1. The van der Waals surface area contributed by atoms with Gasteiger partial charge in [-0.1, -0.05) is 55.0 Å². The number of amides is 2. The lowest BCUT2D eigenvalue weighted by Gasteiger charge is -2.25. The van der Waals surface area contributed by atoms with E-state index in [1.54, 1.807) is 0 Å². The van der Waals surface area contributed by atoms with Crippen LogP contribution in [0.2, 0.25) is 0 Å². The molecule has 1 fully saturated rings. The third kappa shape index (κ3) is 4.38. The molecule has 0 radical (unpaired) electrons. The number of carbonyl (C=O) groups is 2. The minimum Gasteiger partial charge on any atom is -0.326 e. The average Bonchev–Trinajstić information content (AvgIpc) is 3.22. The lowest BCUT2D eigenvalue weighted by molar-refractivity contribution is -0.116. The van der Waals surface area contributed by atoms with Gasteiger partial charge in [-0.25, -0.2) is 0 Å². The van der Waals surface area contributed by atoms with Crippen LogP contribution in [0.25, 0.3) is 33.2 Å². The highest BCUT2D eigenvalue weighted by Gasteiger charge is 2.25. The van der Waals surface area contributed by atoms with Gasteiger partial charge in [-0.05, 0) is 83.4 Å². The smallest absolute Gasteiger partial charge is 0.256 e. The van der Waals surface area contributed by atoms with Gasteiger partial charge in [0.15, 0.2) is 0 Å². The molecular weight excluding hydrogens is 446 g/mol. The zero-order valence-corrected chi connectivity index (χ0v) is 20.2. The highest BCUT2D eigenvalue weighted by molar-refractivity contribution is 6.35. The Morgan fingerprint density at radius 3 is 2.47 bits per heavy atom. The highest BCUT2D eigenvalue weighted by Crippen LogP contribution is 2.37. The second-order valence-electron chi connectivity index (χ2n) is 9.71. The number of nitrogens with one attached hydrogen (secondary N) is 2. The standard InChI is InChI=1S/C31H29N3O2/c35-30(14-17-34-15-6-1-7-16-34)32-23-12-13-29-27(20-23)28(31(36)33-29)19-22-18-21-8-2-3-9-24(21)26-11-5-4-10-25(22)26/h2-5,8-13,18-20H,1,6-7,14-17H2,(H,32,35)(H,33,36)/b28-19+. The molecule has 0 bridgehead atoms. The summed E-state index contributed by atoms with van der Waals surface area (Å²) in [5, 5.41) is 10.6. The zero-order chi connectivity index (χ0) is 24.5. The Bertz CT molecular complexity index is 1520. The highest BCUT2D eigenvalue weighted by atomic mass is 16.2. The van der Waals surface area contributed by atoms with Crippen LogP contribution in [0.3, 0.4) is 0 Å². The van der Waals surface area contributed by atoms with Crippen LogP contribution >= 0.6 is 0 Å². The number of anilines is 2. The molecule has 0 spiro atoms. The Hall–Kier alpha value is -3.96. The molecule has 5 nitrogen and oxygen atoms in total. The van der Waals surface area contributed by atoms with E-state index in [1.165, 1.54) is 24.6 Å². The number of hydrogen-bond donors (Lipinski definition) is 2. The van der Waals surface area contributed by atoms with Crippen molar-refractivity contribution in [3.05, 3.63) is 83.9 Å². The van der Waals surface area contributed by atoms with Crippen LogP contribution < -0.4 is 10.6 Å². The molecule has 6 rings (SSSR count). The van der Waals surface area contributed by atoms with Gasteiger partial charge in [0.2, 0.25) is 5.91 Å². The number of benzene rings is 4. The van der Waals surface area contributed by atoms with Crippen LogP contribution in [0.15, 0.2) is 72.8 Å². The number of likely N-dealkylation sites (tertiary alicyclic amines) is 1. The maximum atomic E-state index is 13.0. The molecule has 2 heterocycles. The van der Waals surface area contributed by atoms with Crippen molar-refractivity contribution in [3.63, 3.8) is 0 Å². The van der Waals surface area contributed by atoms with Crippen molar-refractivity contribution in [1.82, 2.24) is 4.90 Å². The van der Waals surface area contributed by atoms with Gasteiger partial charge >= 0.3 is 0 Å². The second-order valence-corrected chi connectivity index (χ2v) is 9.71. The van der Waals surface area contributed by atoms with Gasteiger partial charge in [0.25, 0.3) is 5.91 Å². The predicted octanol–water partition coefficient (Wildman–Crippen LogP) is 6.30. The van der Waals surface area contributed by atoms with E-state index in [1.807, 2.05) is 42.5 Å². The molecule has 5 heteroatoms. The Balaban J connectivity index is 1.30. The van der Waals surface area contributed by atoms with E-state index in [2.05, 4.69) is 51.9 Å². The van der Waals surface area contributed by atoms with E-state index in [-0.39, 0.29) is 11.8 Å². The van der Waals surface area contributed by atoms with Crippen molar-refractivity contribution < 1.29 is 9.59 Å². The van der Waals surface area contributed by atoms with Gasteiger partial charge in [-0.3, -0.25) is 9.59 Å². The van der Waals surface area contributed by atoms with E-state index < -0.39 is 0 Å². The minimum atomic E-state index is -0.129. The second kappa shape index (κ2) is 9.59. The van der Waals surface area contributed by atoms with Gasteiger partial charge < -0.3 is 15.5 Å². The fourth-order valence-corrected chi connectivity index (χ4v) is 5.43. The molecule has 0 atom stereocenters. The molecule has 2 aliphatic rings. The molecule has 4 aromatic carbocycles. The van der Waals surface area contributed by atoms with Crippen molar-refractivity contribution >= 4 is 56.4 Å². The monoisotopic (exact) mass is 475 g/mol. The van der Waals surface area contributed by atoms with Gasteiger partial charge in [-0.2, -0.15) is 0 Å². The lowest BCUT2D eigenvalue weighted by atomic mass is 9.95. The van der Waals surface area contributed by atoms with Gasteiger partial charge in [0.1, 0.15) is 0 Å². The summed E-state index contributed by atoms with van der Waals surface area (Å²) >= 11 is 0. The van der Waals surface area contributed by atoms with Crippen molar-refractivity contribution in [2.24, 2.45) is 0 Å². The summed E-state index contributed by atoms with van der Waals surface area (Å²) in [4.78, 5) is 28.0. The third-order valence-electron chi connectivity index (χ3n) is 7.29. The van der Waals surface area contributed by atoms with Gasteiger partial charge in [0, 0.05) is 35.5 Å². The van der Waals surface area contributed by atoms with Crippen LogP contribution in [-0.4, -0.2) is 36.3 Å². The molecule has 180 valence electrons. The maximum absolute atomic E-state index is 13.0. The molecule has 0 saturated carbocycles. The topological polar surface area (TPSA) is 61.4 Å². The lowest BCUT2D eigenvalue weighted by Crippen LogP contribution is -2.32. The van der Waals surface area contributed by atoms with Gasteiger partial charge in [-0.15, -0.1) is 0 Å². The zero-order valence-electron chi connectivity index (χ0n) is 20.2. The Morgan fingerprint density at radius 2 is 1.64 bits per heavy atom. The molecule has 1 saturated heterocycles. The summed E-state index contributed by atoms with van der Waals surface area (Å²) in [7, 11) is 0. The largest absolute Gasteiger partial charge is 0.326 e. The minimum absolute atomic E-state index is 0.00357. The summed E-state index contributed by atoms with van der Waals surface area (Å²) in [6.45, 7) is 2.95. The first-order valence-corrected chi connectivity index (χ1v) is 12.8. The van der Waals surface area contributed by atoms with Crippen LogP contribution in [0.4, 0.5) is 11.4 Å². The van der Waals surface area contributed by atoms with Crippen LogP contribution in [-0.2, 0) is 9.59 Å². The summed E-state index contributed by atoms with van der Waals surface area (Å²) in [5.41, 5.74) is 3.89.